The quantitative estimate of drug-likeness (QED) is 0.800. The highest BCUT2D eigenvalue weighted by atomic mass is 32.2. The minimum absolute atomic E-state index is 0.203. The lowest BCUT2D eigenvalue weighted by Crippen LogP contribution is -2.55. The second-order valence-corrected chi connectivity index (χ2v) is 7.34. The van der Waals surface area contributed by atoms with Gasteiger partial charge in [-0.15, -0.1) is 10.2 Å². The van der Waals surface area contributed by atoms with Gasteiger partial charge in [0.2, 0.25) is 5.91 Å². The molecule has 1 aromatic rings. The zero-order valence-electron chi connectivity index (χ0n) is 12.2. The molecule has 3 aliphatic rings. The molecule has 3 aliphatic heterocycles. The number of hydrogen-bond donors (Lipinski definition) is 0. The molecule has 0 saturated carbocycles. The lowest BCUT2D eigenvalue weighted by Gasteiger charge is -2.41. The van der Waals surface area contributed by atoms with Crippen molar-refractivity contribution in [3.05, 3.63) is 11.6 Å². The van der Waals surface area contributed by atoms with Gasteiger partial charge in [-0.25, -0.2) is 0 Å². The van der Waals surface area contributed by atoms with Crippen molar-refractivity contribution in [3.63, 3.8) is 0 Å². The van der Waals surface area contributed by atoms with Crippen LogP contribution in [0.1, 0.15) is 18.1 Å². The van der Waals surface area contributed by atoms with Crippen molar-refractivity contribution >= 4 is 17.7 Å². The van der Waals surface area contributed by atoms with Crippen molar-refractivity contribution in [1.82, 2.24) is 24.6 Å². The first kappa shape index (κ1) is 13.6. The highest BCUT2D eigenvalue weighted by molar-refractivity contribution is 7.99. The summed E-state index contributed by atoms with van der Waals surface area (Å²) in [6.45, 7) is 5.51. The summed E-state index contributed by atoms with van der Waals surface area (Å²) in [5.41, 5.74) is 0. The molecule has 0 atom stereocenters. The summed E-state index contributed by atoms with van der Waals surface area (Å²) in [7, 11) is 0. The molecular weight excluding hydrogens is 286 g/mol. The summed E-state index contributed by atoms with van der Waals surface area (Å²) in [5.74, 6) is 4.95. The van der Waals surface area contributed by atoms with Gasteiger partial charge in [-0.3, -0.25) is 9.69 Å². The molecule has 0 aliphatic carbocycles. The molecular formula is C14H21N5OS. The Morgan fingerprint density at radius 1 is 1.19 bits per heavy atom. The van der Waals surface area contributed by atoms with Gasteiger partial charge in [0, 0.05) is 50.7 Å². The van der Waals surface area contributed by atoms with Crippen LogP contribution in [-0.4, -0.2) is 68.2 Å². The van der Waals surface area contributed by atoms with Crippen molar-refractivity contribution in [2.45, 2.75) is 25.9 Å². The Bertz CT molecular complexity index is 533. The molecule has 4 rings (SSSR count). The molecule has 1 amide bonds. The molecule has 6 nitrogen and oxygen atoms in total. The van der Waals surface area contributed by atoms with Crippen LogP contribution in [0.5, 0.6) is 0 Å². The molecule has 0 N–H and O–H groups in total. The molecule has 0 aromatic carbocycles. The Morgan fingerprint density at radius 2 is 2.00 bits per heavy atom. The summed E-state index contributed by atoms with van der Waals surface area (Å²) in [6, 6.07) is 0. The topological polar surface area (TPSA) is 54.3 Å². The van der Waals surface area contributed by atoms with Gasteiger partial charge in [0.25, 0.3) is 0 Å². The van der Waals surface area contributed by atoms with Crippen LogP contribution >= 0.6 is 11.8 Å². The molecule has 2 fully saturated rings. The van der Waals surface area contributed by atoms with E-state index in [1.165, 1.54) is 6.42 Å². The lowest BCUT2D eigenvalue weighted by atomic mass is 9.98. The standard InChI is InChI=1S/C14H21N5OS/c20-14(18-4-6-21-7-5-18)11-8-17(9-11)10-13-16-15-12-2-1-3-19(12)13/h11H,1-10H2. The van der Waals surface area contributed by atoms with Crippen LogP contribution < -0.4 is 0 Å². The molecule has 0 spiro atoms. The second kappa shape index (κ2) is 5.61. The van der Waals surface area contributed by atoms with Crippen molar-refractivity contribution in [2.24, 2.45) is 5.92 Å². The van der Waals surface area contributed by atoms with Gasteiger partial charge in [0.05, 0.1) is 12.5 Å². The van der Waals surface area contributed by atoms with E-state index in [1.54, 1.807) is 0 Å². The number of thioether (sulfide) groups is 1. The fourth-order valence-electron chi connectivity index (χ4n) is 3.42. The van der Waals surface area contributed by atoms with E-state index < -0.39 is 0 Å². The van der Waals surface area contributed by atoms with Crippen molar-refractivity contribution < 1.29 is 4.79 Å². The fourth-order valence-corrected chi connectivity index (χ4v) is 4.33. The fraction of sp³-hybridized carbons (Fsp3) is 0.786. The number of carbonyl (C=O) groups excluding carboxylic acids is 1. The van der Waals surface area contributed by atoms with Gasteiger partial charge in [-0.05, 0) is 6.42 Å². The summed E-state index contributed by atoms with van der Waals surface area (Å²) >= 11 is 1.95. The van der Waals surface area contributed by atoms with E-state index in [1.807, 2.05) is 16.7 Å². The number of hydrogen-bond acceptors (Lipinski definition) is 5. The minimum Gasteiger partial charge on any atom is -0.341 e. The van der Waals surface area contributed by atoms with E-state index in [0.29, 0.717) is 5.91 Å². The zero-order chi connectivity index (χ0) is 14.2. The average Bonchev–Trinajstić information content (AvgIpc) is 3.07. The molecule has 2 saturated heterocycles. The van der Waals surface area contributed by atoms with E-state index in [4.69, 9.17) is 0 Å². The van der Waals surface area contributed by atoms with Crippen LogP contribution in [0.25, 0.3) is 0 Å². The normalized spacial score (nSPS) is 23.1. The highest BCUT2D eigenvalue weighted by Crippen LogP contribution is 2.23. The molecule has 7 heteroatoms. The molecule has 0 unspecified atom stereocenters. The Morgan fingerprint density at radius 3 is 2.81 bits per heavy atom. The van der Waals surface area contributed by atoms with Crippen LogP contribution in [0.2, 0.25) is 0 Å². The van der Waals surface area contributed by atoms with Gasteiger partial charge in [-0.1, -0.05) is 0 Å². The highest BCUT2D eigenvalue weighted by Gasteiger charge is 2.36. The van der Waals surface area contributed by atoms with Crippen LogP contribution in [0.15, 0.2) is 0 Å². The maximum atomic E-state index is 12.4. The Hall–Kier alpha value is -1.08. The third-order valence-corrected chi connectivity index (χ3v) is 5.62. The summed E-state index contributed by atoms with van der Waals surface area (Å²) in [4.78, 5) is 16.7. The van der Waals surface area contributed by atoms with Crippen molar-refractivity contribution in [1.29, 1.82) is 0 Å². The Kier molecular flexibility index (Phi) is 3.62. The first-order chi connectivity index (χ1) is 10.3. The van der Waals surface area contributed by atoms with Gasteiger partial charge in [-0.2, -0.15) is 11.8 Å². The lowest BCUT2D eigenvalue weighted by molar-refractivity contribution is -0.141. The number of fused-ring (bicyclic) bond motifs is 1. The zero-order valence-corrected chi connectivity index (χ0v) is 13.0. The molecule has 114 valence electrons. The van der Waals surface area contributed by atoms with Gasteiger partial charge in [0.1, 0.15) is 11.6 Å². The first-order valence-electron chi connectivity index (χ1n) is 7.81. The SMILES string of the molecule is O=C(C1CN(Cc2nnc3n2CCC3)C1)N1CCSCC1. The monoisotopic (exact) mass is 307 g/mol. The summed E-state index contributed by atoms with van der Waals surface area (Å²) < 4.78 is 2.25. The van der Waals surface area contributed by atoms with Crippen molar-refractivity contribution in [3.8, 4) is 0 Å². The number of aromatic nitrogens is 3. The van der Waals surface area contributed by atoms with Crippen molar-refractivity contribution in [2.75, 3.05) is 37.7 Å². The first-order valence-corrected chi connectivity index (χ1v) is 8.96. The number of carbonyl (C=O) groups is 1. The Balaban J connectivity index is 1.30. The predicted octanol–water partition coefficient (Wildman–Crippen LogP) is 0.231. The van der Waals surface area contributed by atoms with E-state index in [-0.39, 0.29) is 5.92 Å². The third kappa shape index (κ3) is 2.57. The van der Waals surface area contributed by atoms with Gasteiger partial charge in [0.15, 0.2) is 0 Å². The van der Waals surface area contributed by atoms with E-state index in [0.717, 1.165) is 68.8 Å². The number of rotatable bonds is 3. The van der Waals surface area contributed by atoms with E-state index in [9.17, 15) is 4.79 Å². The Labute approximate surface area is 128 Å². The third-order valence-electron chi connectivity index (χ3n) is 4.68. The molecule has 0 bridgehead atoms. The van der Waals surface area contributed by atoms with Crippen LogP contribution in [0.4, 0.5) is 0 Å². The number of aryl methyl sites for hydroxylation is 1. The minimum atomic E-state index is 0.203. The largest absolute Gasteiger partial charge is 0.341 e. The number of likely N-dealkylation sites (tertiary alicyclic amines) is 1. The molecule has 4 heterocycles. The van der Waals surface area contributed by atoms with E-state index in [2.05, 4.69) is 19.7 Å². The molecule has 1 aromatic heterocycles. The number of amides is 1. The van der Waals surface area contributed by atoms with Gasteiger partial charge < -0.3 is 9.47 Å². The molecule has 0 radical (unpaired) electrons. The number of nitrogens with zero attached hydrogens (tertiary/aromatic N) is 5. The maximum absolute atomic E-state index is 12.4. The summed E-state index contributed by atoms with van der Waals surface area (Å²) in [5, 5.41) is 8.54. The van der Waals surface area contributed by atoms with Crippen LogP contribution in [0.3, 0.4) is 0 Å². The second-order valence-electron chi connectivity index (χ2n) is 6.12. The smallest absolute Gasteiger partial charge is 0.228 e. The van der Waals surface area contributed by atoms with E-state index >= 15 is 0 Å². The maximum Gasteiger partial charge on any atom is 0.228 e. The van der Waals surface area contributed by atoms with Crippen LogP contribution in [0, 0.1) is 5.92 Å². The van der Waals surface area contributed by atoms with Crippen LogP contribution in [-0.2, 0) is 24.3 Å². The predicted molar refractivity (Wildman–Crippen MR) is 81.0 cm³/mol. The summed E-state index contributed by atoms with van der Waals surface area (Å²) in [6.07, 6.45) is 2.24. The average molecular weight is 307 g/mol. The van der Waals surface area contributed by atoms with Gasteiger partial charge >= 0.3 is 0 Å². The molecule has 21 heavy (non-hydrogen) atoms.